The zero-order valence-electron chi connectivity index (χ0n) is 56.4. The van der Waals surface area contributed by atoms with Crippen molar-refractivity contribution in [3.05, 3.63) is 12.2 Å². The van der Waals surface area contributed by atoms with Gasteiger partial charge in [-0.05, 0) is 38.5 Å². The number of aliphatic carboxylic acids is 1. The summed E-state index contributed by atoms with van der Waals surface area (Å²) in [6.45, 7) is 4.84. The molecule has 2 unspecified atom stereocenters. The topological polar surface area (TPSA) is 111 Å². The Labute approximate surface area is 516 Å². The van der Waals surface area contributed by atoms with Gasteiger partial charge in [0.2, 0.25) is 0 Å². The number of quaternary nitrogens is 1. The standard InChI is InChI=1S/C74H143NO8/c1-6-8-10-12-14-16-18-20-22-24-26-28-30-32-34-36-38-40-42-44-46-48-50-52-54-56-58-60-62-64-71(76)81-68-70(69-82-74(73(78)79)80-67-66-75(3,4)5)83-72(77)65-63-61-59-57-55-53-51-49-47-45-43-41-39-37-35-33-31-29-27-25-23-21-19-17-15-13-11-9-7-2/h25,27,70,74H,6-24,26,28-69H2,1-5H3/b27-25-. The van der Waals surface area contributed by atoms with Crippen LogP contribution in [0.5, 0.6) is 0 Å². The van der Waals surface area contributed by atoms with Crippen molar-refractivity contribution in [2.75, 3.05) is 47.5 Å². The van der Waals surface area contributed by atoms with Crippen LogP contribution in [-0.4, -0.2) is 82.3 Å². The highest BCUT2D eigenvalue weighted by molar-refractivity contribution is 5.70. The molecule has 492 valence electrons. The van der Waals surface area contributed by atoms with Crippen molar-refractivity contribution < 1.29 is 42.9 Å². The number of hydrogen-bond donors (Lipinski definition) is 0. The second-order valence-electron chi connectivity index (χ2n) is 26.6. The van der Waals surface area contributed by atoms with E-state index < -0.39 is 24.3 Å². The maximum absolute atomic E-state index is 12.9. The van der Waals surface area contributed by atoms with Crippen molar-refractivity contribution >= 4 is 17.9 Å². The third-order valence-corrected chi connectivity index (χ3v) is 17.0. The number of carboxylic acid groups (broad SMARTS) is 1. The molecule has 0 aliphatic heterocycles. The lowest BCUT2D eigenvalue weighted by molar-refractivity contribution is -0.870. The first-order valence-corrected chi connectivity index (χ1v) is 36.8. The predicted octanol–water partition coefficient (Wildman–Crippen LogP) is 21.5. The minimum Gasteiger partial charge on any atom is -0.545 e. The maximum atomic E-state index is 12.9. The average Bonchev–Trinajstić information content (AvgIpc) is 3.46. The van der Waals surface area contributed by atoms with E-state index in [4.69, 9.17) is 18.9 Å². The van der Waals surface area contributed by atoms with E-state index in [2.05, 4.69) is 26.0 Å². The van der Waals surface area contributed by atoms with E-state index in [0.29, 0.717) is 17.4 Å². The largest absolute Gasteiger partial charge is 0.545 e. The van der Waals surface area contributed by atoms with E-state index in [9.17, 15) is 19.5 Å². The third-order valence-electron chi connectivity index (χ3n) is 17.0. The van der Waals surface area contributed by atoms with E-state index in [0.717, 1.165) is 38.5 Å². The highest BCUT2D eigenvalue weighted by Gasteiger charge is 2.22. The van der Waals surface area contributed by atoms with Crippen LogP contribution >= 0.6 is 0 Å². The minimum atomic E-state index is -1.62. The SMILES string of the molecule is CCCCCCCCCC/C=C\CCCCCCCCCCCCCCCCCCCC(=O)OC(COC(=O)CCCCCCCCCCCCCCCCCCCCCCCCCCCCCCC)COC(OCC[N+](C)(C)C)C(=O)[O-]. The second-order valence-corrected chi connectivity index (χ2v) is 26.6. The van der Waals surface area contributed by atoms with Gasteiger partial charge in [0.15, 0.2) is 12.4 Å². The molecule has 0 aliphatic rings. The van der Waals surface area contributed by atoms with Crippen molar-refractivity contribution in [1.82, 2.24) is 0 Å². The molecule has 0 amide bonds. The average molecular weight is 1170 g/mol. The number of rotatable bonds is 70. The van der Waals surface area contributed by atoms with Crippen LogP contribution < -0.4 is 5.11 Å². The van der Waals surface area contributed by atoms with E-state index >= 15 is 0 Å². The molecule has 9 heteroatoms. The molecular formula is C74H143NO8. The summed E-state index contributed by atoms with van der Waals surface area (Å²) >= 11 is 0. The molecule has 0 aromatic rings. The molecule has 0 aromatic heterocycles. The molecule has 0 rings (SSSR count). The molecule has 0 heterocycles. The smallest absolute Gasteiger partial charge is 0.306 e. The Morgan fingerprint density at radius 2 is 0.614 bits per heavy atom. The van der Waals surface area contributed by atoms with Crippen molar-refractivity contribution in [3.63, 3.8) is 0 Å². The van der Waals surface area contributed by atoms with E-state index in [1.807, 2.05) is 21.1 Å². The lowest BCUT2D eigenvalue weighted by Gasteiger charge is -2.26. The first-order valence-electron chi connectivity index (χ1n) is 36.8. The molecule has 0 aliphatic carbocycles. The molecule has 2 atom stereocenters. The van der Waals surface area contributed by atoms with Gasteiger partial charge in [0.05, 0.1) is 40.3 Å². The van der Waals surface area contributed by atoms with Crippen LogP contribution in [0.15, 0.2) is 12.2 Å². The summed E-state index contributed by atoms with van der Waals surface area (Å²) in [6.07, 6.45) is 77.4. The second kappa shape index (κ2) is 66.0. The van der Waals surface area contributed by atoms with Gasteiger partial charge in [0.25, 0.3) is 0 Å². The summed E-state index contributed by atoms with van der Waals surface area (Å²) in [5.41, 5.74) is 0. The number of carbonyl (C=O) groups excluding carboxylic acids is 3. The fraction of sp³-hybridized carbons (Fsp3) is 0.932. The van der Waals surface area contributed by atoms with Gasteiger partial charge in [-0.15, -0.1) is 0 Å². The number of unbranched alkanes of at least 4 members (excludes halogenated alkanes) is 53. The van der Waals surface area contributed by atoms with E-state index in [1.54, 1.807) is 0 Å². The molecular weight excluding hydrogens is 1030 g/mol. The van der Waals surface area contributed by atoms with Crippen LogP contribution in [0.4, 0.5) is 0 Å². The lowest BCUT2D eigenvalue weighted by atomic mass is 10.0. The number of allylic oxidation sites excluding steroid dienone is 2. The van der Waals surface area contributed by atoms with E-state index in [-0.39, 0.29) is 32.2 Å². The Hall–Kier alpha value is -1.97. The van der Waals surface area contributed by atoms with Crippen molar-refractivity contribution in [1.29, 1.82) is 0 Å². The van der Waals surface area contributed by atoms with Gasteiger partial charge in [-0.2, -0.15) is 0 Å². The highest BCUT2D eigenvalue weighted by atomic mass is 16.7. The zero-order valence-corrected chi connectivity index (χ0v) is 56.4. The summed E-state index contributed by atoms with van der Waals surface area (Å²) < 4.78 is 22.9. The fourth-order valence-electron chi connectivity index (χ4n) is 11.4. The predicted molar refractivity (Wildman–Crippen MR) is 353 cm³/mol. The number of nitrogens with zero attached hydrogens (tertiary/aromatic N) is 1. The number of hydrogen-bond acceptors (Lipinski definition) is 8. The molecule has 0 saturated heterocycles. The number of carbonyl (C=O) groups is 3. The first kappa shape index (κ1) is 81.0. The molecule has 0 N–H and O–H groups in total. The van der Waals surface area contributed by atoms with Gasteiger partial charge in [0.1, 0.15) is 13.2 Å². The summed E-state index contributed by atoms with van der Waals surface area (Å²) in [7, 11) is 5.95. The van der Waals surface area contributed by atoms with Gasteiger partial charge >= 0.3 is 11.9 Å². The Bertz CT molecular complexity index is 1370. The molecule has 0 fully saturated rings. The molecule has 0 saturated carbocycles. The molecule has 0 bridgehead atoms. The highest BCUT2D eigenvalue weighted by Crippen LogP contribution is 2.19. The van der Waals surface area contributed by atoms with Gasteiger partial charge in [0, 0.05) is 12.8 Å². The van der Waals surface area contributed by atoms with Gasteiger partial charge in [-0.25, -0.2) is 0 Å². The Morgan fingerprint density at radius 3 is 0.892 bits per heavy atom. The van der Waals surface area contributed by atoms with Crippen LogP contribution in [0.25, 0.3) is 0 Å². The Balaban J connectivity index is 4.02. The minimum absolute atomic E-state index is 0.152. The molecule has 0 aromatic carbocycles. The van der Waals surface area contributed by atoms with Gasteiger partial charge in [-0.3, -0.25) is 9.59 Å². The molecule has 0 spiro atoms. The number of carboxylic acids is 1. The lowest BCUT2D eigenvalue weighted by Crippen LogP contribution is -2.44. The third kappa shape index (κ3) is 67.4. The zero-order chi connectivity index (χ0) is 60.5. The summed E-state index contributed by atoms with van der Waals surface area (Å²) in [4.78, 5) is 37.5. The van der Waals surface area contributed by atoms with Crippen molar-refractivity contribution in [3.8, 4) is 0 Å². The number of likely N-dealkylation sites (N-methyl/N-ethyl adjacent to an activating group) is 1. The van der Waals surface area contributed by atoms with E-state index in [1.165, 1.54) is 321 Å². The summed E-state index contributed by atoms with van der Waals surface area (Å²) in [5.74, 6) is -2.25. The molecule has 83 heavy (non-hydrogen) atoms. The summed E-state index contributed by atoms with van der Waals surface area (Å²) in [6, 6.07) is 0. The normalized spacial score (nSPS) is 12.6. The quantitative estimate of drug-likeness (QED) is 0.0195. The van der Waals surface area contributed by atoms with Crippen LogP contribution in [0.2, 0.25) is 0 Å². The van der Waals surface area contributed by atoms with Crippen molar-refractivity contribution in [2.24, 2.45) is 0 Å². The van der Waals surface area contributed by atoms with Crippen LogP contribution in [0.1, 0.15) is 386 Å². The molecule has 9 nitrogen and oxygen atoms in total. The number of esters is 2. The Morgan fingerprint density at radius 1 is 0.349 bits per heavy atom. The maximum Gasteiger partial charge on any atom is 0.306 e. The monoisotopic (exact) mass is 1170 g/mol. The summed E-state index contributed by atoms with van der Waals surface area (Å²) in [5, 5.41) is 11.8. The number of ether oxygens (including phenoxy) is 4. The van der Waals surface area contributed by atoms with Gasteiger partial charge < -0.3 is 33.3 Å². The Kier molecular flexibility index (Phi) is 64.4. The van der Waals surface area contributed by atoms with Crippen LogP contribution in [-0.2, 0) is 33.3 Å². The van der Waals surface area contributed by atoms with Crippen LogP contribution in [0, 0.1) is 0 Å². The fourth-order valence-corrected chi connectivity index (χ4v) is 11.4. The van der Waals surface area contributed by atoms with Crippen molar-refractivity contribution in [2.45, 2.75) is 399 Å². The first-order chi connectivity index (χ1) is 40.6. The van der Waals surface area contributed by atoms with Crippen LogP contribution in [0.3, 0.4) is 0 Å². The molecule has 0 radical (unpaired) electrons. The van der Waals surface area contributed by atoms with Gasteiger partial charge in [-0.1, -0.05) is 347 Å².